The second-order valence-electron chi connectivity index (χ2n) is 3.61. The van der Waals surface area contributed by atoms with Crippen LogP contribution in [0.5, 0.6) is 0 Å². The molecule has 0 saturated heterocycles. The first-order valence-corrected chi connectivity index (χ1v) is 4.97. The molecule has 0 unspecified atom stereocenters. The molecule has 1 aromatic rings. The number of benzene rings is 1. The molecule has 0 aliphatic carbocycles. The van der Waals surface area contributed by atoms with Gasteiger partial charge in [0.05, 0.1) is 12.1 Å². The number of likely N-dealkylation sites (N-methyl/N-ethyl adjacent to an activating group) is 1. The molecule has 0 heterocycles. The Kier molecular flexibility index (Phi) is 4.11. The Labute approximate surface area is 97.0 Å². The van der Waals surface area contributed by atoms with E-state index in [1.54, 1.807) is 7.05 Å². The molecule has 0 saturated carbocycles. The minimum atomic E-state index is -4.41. The Morgan fingerprint density at radius 2 is 2.00 bits per heavy atom. The van der Waals surface area contributed by atoms with Crippen LogP contribution < -0.4 is 10.6 Å². The highest BCUT2D eigenvalue weighted by Gasteiger charge is 2.32. The van der Waals surface area contributed by atoms with Crippen LogP contribution in [0, 0.1) is 6.92 Å². The highest BCUT2D eigenvalue weighted by atomic mass is 19.4. The monoisotopic (exact) mass is 246 g/mol. The minimum absolute atomic E-state index is 0.0508. The Morgan fingerprint density at radius 3 is 2.53 bits per heavy atom. The van der Waals surface area contributed by atoms with Gasteiger partial charge in [-0.15, -0.1) is 0 Å². The van der Waals surface area contributed by atoms with Gasteiger partial charge in [0.1, 0.15) is 0 Å². The molecule has 0 aliphatic rings. The van der Waals surface area contributed by atoms with Crippen molar-refractivity contribution in [2.45, 2.75) is 13.1 Å². The van der Waals surface area contributed by atoms with Crippen molar-refractivity contribution in [2.75, 3.05) is 18.9 Å². The lowest BCUT2D eigenvalue weighted by Crippen LogP contribution is -2.25. The first-order chi connectivity index (χ1) is 7.84. The number of carbonyl (C=O) groups is 1. The average Bonchev–Trinajstić information content (AvgIpc) is 2.19. The fourth-order valence-corrected chi connectivity index (χ4v) is 1.37. The van der Waals surface area contributed by atoms with Crippen LogP contribution in [0.15, 0.2) is 18.2 Å². The van der Waals surface area contributed by atoms with E-state index in [9.17, 15) is 18.0 Å². The molecule has 3 nitrogen and oxygen atoms in total. The SMILES string of the molecule is CNCC(=O)Nc1ccc(C)c(C(F)(F)F)c1. The number of rotatable bonds is 3. The second kappa shape index (κ2) is 5.18. The fraction of sp³-hybridized carbons (Fsp3) is 0.364. The Bertz CT molecular complexity index is 416. The lowest BCUT2D eigenvalue weighted by molar-refractivity contribution is -0.138. The summed E-state index contributed by atoms with van der Waals surface area (Å²) in [5, 5.41) is 4.99. The second-order valence-corrected chi connectivity index (χ2v) is 3.61. The number of anilines is 1. The molecular formula is C11H13F3N2O. The van der Waals surface area contributed by atoms with E-state index in [1.165, 1.54) is 19.1 Å². The molecule has 0 atom stereocenters. The number of halogens is 3. The van der Waals surface area contributed by atoms with Crippen LogP contribution in [0.2, 0.25) is 0 Å². The summed E-state index contributed by atoms with van der Waals surface area (Å²) in [6.45, 7) is 1.43. The summed E-state index contributed by atoms with van der Waals surface area (Å²) in [4.78, 5) is 11.2. The normalized spacial score (nSPS) is 11.4. The minimum Gasteiger partial charge on any atom is -0.325 e. The van der Waals surface area contributed by atoms with Crippen molar-refractivity contribution in [2.24, 2.45) is 0 Å². The molecule has 1 amide bonds. The van der Waals surface area contributed by atoms with E-state index in [2.05, 4.69) is 10.6 Å². The molecule has 6 heteroatoms. The van der Waals surface area contributed by atoms with Gasteiger partial charge in [0.2, 0.25) is 5.91 Å². The van der Waals surface area contributed by atoms with E-state index in [4.69, 9.17) is 0 Å². The molecule has 94 valence electrons. The molecule has 1 rings (SSSR count). The topological polar surface area (TPSA) is 41.1 Å². The molecule has 17 heavy (non-hydrogen) atoms. The average molecular weight is 246 g/mol. The Balaban J connectivity index is 2.93. The maximum absolute atomic E-state index is 12.6. The van der Waals surface area contributed by atoms with Gasteiger partial charge < -0.3 is 10.6 Å². The zero-order chi connectivity index (χ0) is 13.1. The van der Waals surface area contributed by atoms with Gasteiger partial charge in [0.15, 0.2) is 0 Å². The lowest BCUT2D eigenvalue weighted by atomic mass is 10.1. The smallest absolute Gasteiger partial charge is 0.325 e. The zero-order valence-corrected chi connectivity index (χ0v) is 9.48. The van der Waals surface area contributed by atoms with E-state index >= 15 is 0 Å². The Morgan fingerprint density at radius 1 is 1.35 bits per heavy atom. The van der Waals surface area contributed by atoms with Crippen LogP contribution in [-0.4, -0.2) is 19.5 Å². The van der Waals surface area contributed by atoms with Gasteiger partial charge >= 0.3 is 6.18 Å². The molecule has 0 aromatic heterocycles. The van der Waals surface area contributed by atoms with E-state index in [-0.39, 0.29) is 23.7 Å². The highest BCUT2D eigenvalue weighted by Crippen LogP contribution is 2.33. The zero-order valence-electron chi connectivity index (χ0n) is 9.48. The fourth-order valence-electron chi connectivity index (χ4n) is 1.37. The maximum atomic E-state index is 12.6. The molecular weight excluding hydrogens is 233 g/mol. The van der Waals surface area contributed by atoms with Gasteiger partial charge in [-0.2, -0.15) is 13.2 Å². The van der Waals surface area contributed by atoms with Crippen molar-refractivity contribution in [1.82, 2.24) is 5.32 Å². The van der Waals surface area contributed by atoms with Gasteiger partial charge in [-0.05, 0) is 31.7 Å². The van der Waals surface area contributed by atoms with Crippen molar-refractivity contribution < 1.29 is 18.0 Å². The molecule has 0 aliphatic heterocycles. The molecule has 0 fully saturated rings. The number of hydrogen-bond donors (Lipinski definition) is 2. The summed E-state index contributed by atoms with van der Waals surface area (Å²) < 4.78 is 37.8. The third kappa shape index (κ3) is 3.74. The third-order valence-electron chi connectivity index (χ3n) is 2.16. The molecule has 2 N–H and O–H groups in total. The summed E-state index contributed by atoms with van der Waals surface area (Å²) in [5.41, 5.74) is -0.466. The number of hydrogen-bond acceptors (Lipinski definition) is 2. The van der Waals surface area contributed by atoms with E-state index in [0.717, 1.165) is 6.07 Å². The number of nitrogens with one attached hydrogen (secondary N) is 2. The summed E-state index contributed by atoms with van der Waals surface area (Å²) in [6.07, 6.45) is -4.41. The molecule has 0 radical (unpaired) electrons. The Hall–Kier alpha value is -1.56. The van der Waals surface area contributed by atoms with Gasteiger partial charge in [0.25, 0.3) is 0 Å². The van der Waals surface area contributed by atoms with Gasteiger partial charge in [-0.3, -0.25) is 4.79 Å². The summed E-state index contributed by atoms with van der Waals surface area (Å²) in [7, 11) is 1.58. The van der Waals surface area contributed by atoms with Crippen molar-refractivity contribution in [3.8, 4) is 0 Å². The summed E-state index contributed by atoms with van der Waals surface area (Å²) in [6, 6.07) is 3.71. The third-order valence-corrected chi connectivity index (χ3v) is 2.16. The van der Waals surface area contributed by atoms with Gasteiger partial charge in [0, 0.05) is 5.69 Å². The van der Waals surface area contributed by atoms with Crippen molar-refractivity contribution in [3.05, 3.63) is 29.3 Å². The molecule has 0 bridgehead atoms. The van der Waals surface area contributed by atoms with Crippen LogP contribution in [0.4, 0.5) is 18.9 Å². The first kappa shape index (κ1) is 13.5. The molecule has 1 aromatic carbocycles. The highest BCUT2D eigenvalue weighted by molar-refractivity contribution is 5.92. The van der Waals surface area contributed by atoms with E-state index in [1.807, 2.05) is 0 Å². The van der Waals surface area contributed by atoms with E-state index in [0.29, 0.717) is 0 Å². The van der Waals surface area contributed by atoms with Crippen molar-refractivity contribution >= 4 is 11.6 Å². The first-order valence-electron chi connectivity index (χ1n) is 4.97. The largest absolute Gasteiger partial charge is 0.416 e. The molecule has 0 spiro atoms. The van der Waals surface area contributed by atoms with Gasteiger partial charge in [-0.1, -0.05) is 6.07 Å². The van der Waals surface area contributed by atoms with Crippen molar-refractivity contribution in [3.63, 3.8) is 0 Å². The number of alkyl halides is 3. The maximum Gasteiger partial charge on any atom is 0.416 e. The van der Waals surface area contributed by atoms with Crippen LogP contribution in [0.1, 0.15) is 11.1 Å². The van der Waals surface area contributed by atoms with Crippen LogP contribution in [0.3, 0.4) is 0 Å². The standard InChI is InChI=1S/C11H13F3N2O/c1-7-3-4-8(16-10(17)6-15-2)5-9(7)11(12,13)14/h3-5,15H,6H2,1-2H3,(H,16,17). The summed E-state index contributed by atoms with van der Waals surface area (Å²) >= 11 is 0. The lowest BCUT2D eigenvalue weighted by Gasteiger charge is -2.12. The van der Waals surface area contributed by atoms with Crippen LogP contribution >= 0.6 is 0 Å². The number of carbonyl (C=O) groups excluding carboxylic acids is 1. The summed E-state index contributed by atoms with van der Waals surface area (Å²) in [5.74, 6) is -0.385. The number of aryl methyl sites for hydroxylation is 1. The van der Waals surface area contributed by atoms with Crippen LogP contribution in [0.25, 0.3) is 0 Å². The quantitative estimate of drug-likeness (QED) is 0.858. The van der Waals surface area contributed by atoms with Crippen LogP contribution in [-0.2, 0) is 11.0 Å². The van der Waals surface area contributed by atoms with E-state index < -0.39 is 11.7 Å². The predicted octanol–water partition coefficient (Wildman–Crippen LogP) is 2.17. The predicted molar refractivity (Wildman–Crippen MR) is 58.7 cm³/mol. The number of amides is 1. The van der Waals surface area contributed by atoms with Crippen molar-refractivity contribution in [1.29, 1.82) is 0 Å². The van der Waals surface area contributed by atoms with Gasteiger partial charge in [-0.25, -0.2) is 0 Å².